The maximum Gasteiger partial charge on any atom is 0.128 e. The second-order valence-electron chi connectivity index (χ2n) is 5.08. The summed E-state index contributed by atoms with van der Waals surface area (Å²) >= 11 is 0. The number of aryl methyl sites for hydroxylation is 1. The molecule has 0 spiro atoms. The number of nitrogens with zero attached hydrogens (tertiary/aromatic N) is 2. The van der Waals surface area contributed by atoms with E-state index < -0.39 is 0 Å². The molecule has 19 heavy (non-hydrogen) atoms. The van der Waals surface area contributed by atoms with Crippen molar-refractivity contribution in [1.82, 2.24) is 4.98 Å². The smallest absolute Gasteiger partial charge is 0.128 e. The zero-order valence-corrected chi connectivity index (χ0v) is 11.8. The van der Waals surface area contributed by atoms with Gasteiger partial charge in [-0.3, -0.25) is 0 Å². The fourth-order valence-corrected chi connectivity index (χ4v) is 2.06. The number of anilines is 1. The van der Waals surface area contributed by atoms with Crippen LogP contribution in [-0.2, 0) is 6.54 Å². The fourth-order valence-electron chi connectivity index (χ4n) is 2.06. The SMILES string of the molecule is Cc1cccc(CN(C)c2ccc([C@@H](C)N)cn2)c1. The monoisotopic (exact) mass is 255 g/mol. The van der Waals surface area contributed by atoms with Crippen LogP contribution in [0.15, 0.2) is 42.6 Å². The van der Waals surface area contributed by atoms with E-state index in [1.165, 1.54) is 11.1 Å². The number of pyridine rings is 1. The second-order valence-corrected chi connectivity index (χ2v) is 5.08. The predicted molar refractivity (Wildman–Crippen MR) is 80.1 cm³/mol. The van der Waals surface area contributed by atoms with Crippen molar-refractivity contribution in [1.29, 1.82) is 0 Å². The normalized spacial score (nSPS) is 12.2. The third kappa shape index (κ3) is 3.55. The average Bonchev–Trinajstić information content (AvgIpc) is 2.39. The van der Waals surface area contributed by atoms with Crippen LogP contribution in [0.1, 0.15) is 29.7 Å². The Balaban J connectivity index is 2.09. The highest BCUT2D eigenvalue weighted by molar-refractivity contribution is 5.40. The van der Waals surface area contributed by atoms with Crippen LogP contribution in [0.3, 0.4) is 0 Å². The summed E-state index contributed by atoms with van der Waals surface area (Å²) in [7, 11) is 2.05. The van der Waals surface area contributed by atoms with Crippen molar-refractivity contribution in [2.24, 2.45) is 5.73 Å². The van der Waals surface area contributed by atoms with Gasteiger partial charge in [-0.1, -0.05) is 35.9 Å². The first-order chi connectivity index (χ1) is 9.06. The number of hydrogen-bond donors (Lipinski definition) is 1. The van der Waals surface area contributed by atoms with E-state index in [0.29, 0.717) is 0 Å². The Hall–Kier alpha value is -1.87. The number of hydrogen-bond acceptors (Lipinski definition) is 3. The van der Waals surface area contributed by atoms with Crippen LogP contribution in [-0.4, -0.2) is 12.0 Å². The molecule has 2 aromatic rings. The van der Waals surface area contributed by atoms with E-state index in [1.54, 1.807) is 0 Å². The Kier molecular flexibility index (Phi) is 4.17. The molecule has 1 heterocycles. The van der Waals surface area contributed by atoms with Crippen LogP contribution >= 0.6 is 0 Å². The summed E-state index contributed by atoms with van der Waals surface area (Å²) in [5.74, 6) is 0.964. The number of nitrogens with two attached hydrogens (primary N) is 1. The lowest BCUT2D eigenvalue weighted by Gasteiger charge is -2.19. The highest BCUT2D eigenvalue weighted by Crippen LogP contribution is 2.16. The minimum absolute atomic E-state index is 0.0311. The summed E-state index contributed by atoms with van der Waals surface area (Å²) in [5.41, 5.74) is 9.46. The maximum atomic E-state index is 5.83. The third-order valence-electron chi connectivity index (χ3n) is 3.19. The zero-order chi connectivity index (χ0) is 13.8. The van der Waals surface area contributed by atoms with Gasteiger partial charge in [0, 0.05) is 25.8 Å². The lowest BCUT2D eigenvalue weighted by atomic mass is 10.1. The second kappa shape index (κ2) is 5.85. The van der Waals surface area contributed by atoms with Gasteiger partial charge in [-0.15, -0.1) is 0 Å². The van der Waals surface area contributed by atoms with Crippen molar-refractivity contribution < 1.29 is 0 Å². The van der Waals surface area contributed by atoms with Crippen molar-refractivity contribution in [2.45, 2.75) is 26.4 Å². The summed E-state index contributed by atoms with van der Waals surface area (Å²) in [6.45, 7) is 4.93. The third-order valence-corrected chi connectivity index (χ3v) is 3.19. The zero-order valence-electron chi connectivity index (χ0n) is 11.8. The molecule has 0 unspecified atom stereocenters. The van der Waals surface area contributed by atoms with Gasteiger partial charge in [0.1, 0.15) is 5.82 Å². The number of benzene rings is 1. The van der Waals surface area contributed by atoms with Crippen molar-refractivity contribution in [3.05, 3.63) is 59.3 Å². The van der Waals surface area contributed by atoms with Crippen molar-refractivity contribution in [3.63, 3.8) is 0 Å². The lowest BCUT2D eigenvalue weighted by molar-refractivity contribution is 0.807. The molecule has 3 heteroatoms. The molecular formula is C16H21N3. The quantitative estimate of drug-likeness (QED) is 0.913. The van der Waals surface area contributed by atoms with E-state index in [-0.39, 0.29) is 6.04 Å². The summed E-state index contributed by atoms with van der Waals surface area (Å²) in [5, 5.41) is 0. The molecule has 0 fully saturated rings. The molecule has 0 amide bonds. The number of aromatic nitrogens is 1. The fraction of sp³-hybridized carbons (Fsp3) is 0.312. The molecule has 2 N–H and O–H groups in total. The first-order valence-electron chi connectivity index (χ1n) is 6.54. The van der Waals surface area contributed by atoms with Gasteiger partial charge < -0.3 is 10.6 Å². The Labute approximate surface area is 115 Å². The van der Waals surface area contributed by atoms with Crippen LogP contribution in [0.4, 0.5) is 5.82 Å². The first-order valence-corrected chi connectivity index (χ1v) is 6.54. The van der Waals surface area contributed by atoms with Crippen molar-refractivity contribution in [2.75, 3.05) is 11.9 Å². The van der Waals surface area contributed by atoms with Crippen LogP contribution in [0.2, 0.25) is 0 Å². The summed E-state index contributed by atoms with van der Waals surface area (Å²) < 4.78 is 0. The molecule has 1 atom stereocenters. The Morgan fingerprint density at radius 3 is 2.63 bits per heavy atom. The van der Waals surface area contributed by atoms with Crippen LogP contribution in [0.5, 0.6) is 0 Å². The minimum Gasteiger partial charge on any atom is -0.355 e. The van der Waals surface area contributed by atoms with Crippen molar-refractivity contribution >= 4 is 5.82 Å². The van der Waals surface area contributed by atoms with Gasteiger partial charge >= 0.3 is 0 Å². The molecule has 0 radical (unpaired) electrons. The lowest BCUT2D eigenvalue weighted by Crippen LogP contribution is -2.18. The van der Waals surface area contributed by atoms with E-state index >= 15 is 0 Å². The molecule has 1 aromatic heterocycles. The maximum absolute atomic E-state index is 5.83. The van der Waals surface area contributed by atoms with Gasteiger partial charge in [0.15, 0.2) is 0 Å². The van der Waals surface area contributed by atoms with E-state index in [9.17, 15) is 0 Å². The molecule has 0 saturated carbocycles. The Morgan fingerprint density at radius 1 is 1.26 bits per heavy atom. The molecule has 100 valence electrons. The average molecular weight is 255 g/mol. The van der Waals surface area contributed by atoms with E-state index in [1.807, 2.05) is 25.3 Å². The summed E-state index contributed by atoms with van der Waals surface area (Å²) in [6.07, 6.45) is 1.85. The molecule has 0 aliphatic rings. The van der Waals surface area contributed by atoms with E-state index in [0.717, 1.165) is 17.9 Å². The van der Waals surface area contributed by atoms with Gasteiger partial charge in [0.25, 0.3) is 0 Å². The van der Waals surface area contributed by atoms with E-state index in [4.69, 9.17) is 5.73 Å². The van der Waals surface area contributed by atoms with Crippen LogP contribution in [0.25, 0.3) is 0 Å². The topological polar surface area (TPSA) is 42.1 Å². The first kappa shape index (κ1) is 13.6. The van der Waals surface area contributed by atoms with Gasteiger partial charge in [-0.2, -0.15) is 0 Å². The molecule has 0 aliphatic heterocycles. The molecule has 0 aliphatic carbocycles. The Morgan fingerprint density at radius 2 is 2.05 bits per heavy atom. The molecule has 0 saturated heterocycles. The van der Waals surface area contributed by atoms with Crippen molar-refractivity contribution in [3.8, 4) is 0 Å². The largest absolute Gasteiger partial charge is 0.355 e. The van der Waals surface area contributed by atoms with Gasteiger partial charge in [-0.25, -0.2) is 4.98 Å². The van der Waals surface area contributed by atoms with Crippen LogP contribution in [0, 0.1) is 6.92 Å². The van der Waals surface area contributed by atoms with Crippen LogP contribution < -0.4 is 10.6 Å². The molecule has 3 nitrogen and oxygen atoms in total. The molecule has 1 aromatic carbocycles. The van der Waals surface area contributed by atoms with Gasteiger partial charge in [0.05, 0.1) is 0 Å². The molecule has 2 rings (SSSR count). The minimum atomic E-state index is 0.0311. The highest BCUT2D eigenvalue weighted by atomic mass is 15.2. The molecular weight excluding hydrogens is 234 g/mol. The molecule has 0 bridgehead atoms. The Bertz CT molecular complexity index is 532. The predicted octanol–water partition coefficient (Wildman–Crippen LogP) is 3.05. The van der Waals surface area contributed by atoms with Gasteiger partial charge in [0.2, 0.25) is 0 Å². The number of rotatable bonds is 4. The van der Waals surface area contributed by atoms with Gasteiger partial charge in [-0.05, 0) is 31.0 Å². The summed E-state index contributed by atoms with van der Waals surface area (Å²) in [6, 6.07) is 12.6. The standard InChI is InChI=1S/C16H21N3/c1-12-5-4-6-14(9-12)11-19(3)16-8-7-15(10-18-16)13(2)17/h4-10,13H,11,17H2,1-3H3/t13-/m1/s1. The highest BCUT2D eigenvalue weighted by Gasteiger charge is 2.05. The summed E-state index contributed by atoms with van der Waals surface area (Å²) in [4.78, 5) is 6.60. The van der Waals surface area contributed by atoms with E-state index in [2.05, 4.69) is 48.1 Å².